The molecule has 0 aromatic heterocycles. The van der Waals surface area contributed by atoms with Crippen LogP contribution < -0.4 is 11.1 Å². The van der Waals surface area contributed by atoms with Crippen molar-refractivity contribution in [3.05, 3.63) is 29.3 Å². The van der Waals surface area contributed by atoms with Gasteiger partial charge in [0.05, 0.1) is 0 Å². The molecule has 0 aliphatic rings. The van der Waals surface area contributed by atoms with E-state index in [-0.39, 0.29) is 0 Å². The fourth-order valence-corrected chi connectivity index (χ4v) is 4.93. The highest BCUT2D eigenvalue weighted by atomic mass is 16.2. The first-order valence-corrected chi connectivity index (χ1v) is 14.9. The lowest BCUT2D eigenvalue weighted by Crippen LogP contribution is -2.19. The predicted octanol–water partition coefficient (Wildman–Crippen LogP) is 10.1. The van der Waals surface area contributed by atoms with Crippen LogP contribution in [0.25, 0.3) is 0 Å². The van der Waals surface area contributed by atoms with Crippen LogP contribution in [-0.2, 0) is 12.8 Å². The molecule has 3 N–H and O–H groups in total. The van der Waals surface area contributed by atoms with E-state index in [0.717, 1.165) is 18.5 Å². The Bertz CT molecular complexity index is 613. The van der Waals surface area contributed by atoms with Crippen LogP contribution >= 0.6 is 0 Å². The van der Waals surface area contributed by atoms with Gasteiger partial charge in [0.2, 0.25) is 0 Å². The van der Waals surface area contributed by atoms with Crippen molar-refractivity contribution < 1.29 is 4.79 Å². The summed E-state index contributed by atoms with van der Waals surface area (Å²) in [4.78, 5) is 11.3. The first-order chi connectivity index (χ1) is 16.7. The van der Waals surface area contributed by atoms with Crippen LogP contribution in [-0.4, -0.2) is 6.03 Å². The molecule has 1 rings (SSSR count). The first-order valence-electron chi connectivity index (χ1n) is 14.9. The third kappa shape index (κ3) is 17.0. The van der Waals surface area contributed by atoms with Crippen LogP contribution in [0.2, 0.25) is 0 Å². The predicted molar refractivity (Wildman–Crippen MR) is 151 cm³/mol. The lowest BCUT2D eigenvalue weighted by molar-refractivity contribution is 0.259. The van der Waals surface area contributed by atoms with Gasteiger partial charge in [-0.2, -0.15) is 0 Å². The van der Waals surface area contributed by atoms with E-state index in [4.69, 9.17) is 5.73 Å². The molecule has 0 bridgehead atoms. The van der Waals surface area contributed by atoms with Crippen LogP contribution in [0.4, 0.5) is 10.5 Å². The van der Waals surface area contributed by atoms with Crippen molar-refractivity contribution >= 4 is 11.7 Å². The molecule has 0 heterocycles. The molecule has 0 radical (unpaired) electrons. The molecule has 3 nitrogen and oxygen atoms in total. The van der Waals surface area contributed by atoms with E-state index >= 15 is 0 Å². The summed E-state index contributed by atoms with van der Waals surface area (Å²) in [7, 11) is 0. The van der Waals surface area contributed by atoms with Gasteiger partial charge in [0.15, 0.2) is 0 Å². The maximum absolute atomic E-state index is 11.3. The average Bonchev–Trinajstić information content (AvgIpc) is 2.82. The van der Waals surface area contributed by atoms with Crippen molar-refractivity contribution in [3.8, 4) is 0 Å². The highest BCUT2D eigenvalue weighted by Crippen LogP contribution is 2.22. The molecule has 1 aromatic carbocycles. The quantitative estimate of drug-likeness (QED) is 0.153. The normalized spacial score (nSPS) is 11.1. The lowest BCUT2D eigenvalue weighted by atomic mass is 9.95. The van der Waals surface area contributed by atoms with E-state index in [9.17, 15) is 4.79 Å². The molecule has 2 amide bonds. The van der Waals surface area contributed by atoms with Gasteiger partial charge >= 0.3 is 6.03 Å². The Kier molecular flexibility index (Phi) is 19.7. The Balaban J connectivity index is 2.30. The molecular formula is C31H56N2O. The zero-order valence-corrected chi connectivity index (χ0v) is 22.8. The van der Waals surface area contributed by atoms with Crippen LogP contribution in [0.1, 0.15) is 153 Å². The first kappa shape index (κ1) is 30.5. The Morgan fingerprint density at radius 1 is 0.588 bits per heavy atom. The van der Waals surface area contributed by atoms with Crippen LogP contribution in [0.3, 0.4) is 0 Å². The average molecular weight is 473 g/mol. The van der Waals surface area contributed by atoms with Gasteiger partial charge < -0.3 is 11.1 Å². The third-order valence-corrected chi connectivity index (χ3v) is 7.07. The van der Waals surface area contributed by atoms with Crippen molar-refractivity contribution in [3.63, 3.8) is 0 Å². The minimum absolute atomic E-state index is 0.479. The summed E-state index contributed by atoms with van der Waals surface area (Å²) in [6.07, 6.45) is 29.6. The summed E-state index contributed by atoms with van der Waals surface area (Å²) in [5.41, 5.74) is 9.04. The number of carbonyl (C=O) groups is 1. The second-order valence-corrected chi connectivity index (χ2v) is 10.3. The topological polar surface area (TPSA) is 55.1 Å². The highest BCUT2D eigenvalue weighted by molar-refractivity contribution is 5.87. The number of hydrogen-bond donors (Lipinski definition) is 2. The maximum Gasteiger partial charge on any atom is 0.316 e. The fourth-order valence-electron chi connectivity index (χ4n) is 4.93. The zero-order valence-electron chi connectivity index (χ0n) is 22.8. The number of benzene rings is 1. The van der Waals surface area contributed by atoms with Gasteiger partial charge in [0.1, 0.15) is 0 Å². The Labute approximate surface area is 212 Å². The maximum atomic E-state index is 11.3. The van der Waals surface area contributed by atoms with Crippen molar-refractivity contribution in [1.29, 1.82) is 0 Å². The number of primary amides is 1. The molecule has 196 valence electrons. The minimum Gasteiger partial charge on any atom is -0.351 e. The van der Waals surface area contributed by atoms with Crippen molar-refractivity contribution in [2.24, 2.45) is 5.73 Å². The summed E-state index contributed by atoms with van der Waals surface area (Å²) >= 11 is 0. The van der Waals surface area contributed by atoms with Gasteiger partial charge in [-0.3, -0.25) is 0 Å². The molecule has 0 saturated carbocycles. The van der Waals surface area contributed by atoms with E-state index < -0.39 is 6.03 Å². The van der Waals surface area contributed by atoms with E-state index in [2.05, 4.69) is 31.3 Å². The van der Waals surface area contributed by atoms with Gasteiger partial charge in [0, 0.05) is 5.69 Å². The summed E-state index contributed by atoms with van der Waals surface area (Å²) in [6, 6.07) is 5.90. The second-order valence-electron chi connectivity index (χ2n) is 10.3. The highest BCUT2D eigenvalue weighted by Gasteiger charge is 2.06. The number of amides is 2. The van der Waals surface area contributed by atoms with E-state index in [0.29, 0.717) is 0 Å². The summed E-state index contributed by atoms with van der Waals surface area (Å²) in [6.45, 7) is 4.56. The van der Waals surface area contributed by atoms with Crippen molar-refractivity contribution in [1.82, 2.24) is 0 Å². The van der Waals surface area contributed by atoms with Gasteiger partial charge in [0.25, 0.3) is 0 Å². The number of unbranched alkanes of at least 4 members (excludes halogenated alkanes) is 18. The number of anilines is 1. The largest absolute Gasteiger partial charge is 0.351 e. The van der Waals surface area contributed by atoms with Crippen LogP contribution in [0, 0.1) is 0 Å². The van der Waals surface area contributed by atoms with E-state index in [1.54, 1.807) is 0 Å². The summed E-state index contributed by atoms with van der Waals surface area (Å²) in [5.74, 6) is 0. The molecule has 0 saturated heterocycles. The SMILES string of the molecule is CCCCCCCCCCCCc1ccc(NC(N)=O)cc1CCCCCCCCCCCC. The van der Waals surface area contributed by atoms with E-state index in [1.807, 2.05) is 6.07 Å². The molecule has 3 heteroatoms. The Hall–Kier alpha value is -1.51. The molecule has 34 heavy (non-hydrogen) atoms. The Morgan fingerprint density at radius 2 is 0.971 bits per heavy atom. The number of aryl methyl sites for hydroxylation is 2. The fraction of sp³-hybridized carbons (Fsp3) is 0.774. The third-order valence-electron chi connectivity index (χ3n) is 7.07. The Morgan fingerprint density at radius 3 is 1.38 bits per heavy atom. The monoisotopic (exact) mass is 472 g/mol. The van der Waals surface area contributed by atoms with Crippen LogP contribution in [0.5, 0.6) is 0 Å². The number of nitrogens with two attached hydrogens (primary N) is 1. The number of rotatable bonds is 23. The molecule has 0 aliphatic carbocycles. The standard InChI is InChI=1S/C31H56N2O/c1-3-5-7-9-11-13-15-17-19-21-23-28-25-26-30(33-31(32)34)27-29(28)24-22-20-18-16-14-12-10-8-6-4-2/h25-27H,3-24H2,1-2H3,(H3,32,33,34). The molecular weight excluding hydrogens is 416 g/mol. The number of nitrogens with one attached hydrogen (secondary N) is 1. The number of urea groups is 1. The number of carbonyl (C=O) groups excluding carboxylic acids is 1. The lowest BCUT2D eigenvalue weighted by Gasteiger charge is -2.13. The summed E-state index contributed by atoms with van der Waals surface area (Å²) in [5, 5.41) is 2.76. The summed E-state index contributed by atoms with van der Waals surface area (Å²) < 4.78 is 0. The van der Waals surface area contributed by atoms with Crippen LogP contribution in [0.15, 0.2) is 18.2 Å². The van der Waals surface area contributed by atoms with Gasteiger partial charge in [-0.1, -0.05) is 135 Å². The molecule has 0 fully saturated rings. The molecule has 1 aromatic rings. The van der Waals surface area contributed by atoms with Crippen molar-refractivity contribution in [2.45, 2.75) is 155 Å². The molecule has 0 unspecified atom stereocenters. The number of hydrogen-bond acceptors (Lipinski definition) is 1. The zero-order chi connectivity index (χ0) is 24.7. The van der Waals surface area contributed by atoms with Gasteiger partial charge in [-0.05, 0) is 48.9 Å². The minimum atomic E-state index is -0.479. The molecule has 0 aliphatic heterocycles. The van der Waals surface area contributed by atoms with E-state index in [1.165, 1.54) is 140 Å². The van der Waals surface area contributed by atoms with Gasteiger partial charge in [-0.15, -0.1) is 0 Å². The molecule has 0 atom stereocenters. The molecule has 0 spiro atoms. The van der Waals surface area contributed by atoms with Gasteiger partial charge in [-0.25, -0.2) is 4.79 Å². The van der Waals surface area contributed by atoms with Crippen molar-refractivity contribution in [2.75, 3.05) is 5.32 Å². The second kappa shape index (κ2) is 22.0. The smallest absolute Gasteiger partial charge is 0.316 e.